The molecule has 0 aromatic heterocycles. The van der Waals surface area contributed by atoms with Gasteiger partial charge in [-0.15, -0.1) is 13.2 Å². The quantitative estimate of drug-likeness (QED) is 0.314. The zero-order chi connectivity index (χ0) is 8.53. The van der Waals surface area contributed by atoms with Crippen molar-refractivity contribution >= 4 is 6.21 Å². The highest BCUT2D eigenvalue weighted by Crippen LogP contribution is 1.97. The van der Waals surface area contributed by atoms with Gasteiger partial charge in [0.05, 0.1) is 6.04 Å². The second-order valence-corrected chi connectivity index (χ2v) is 2.41. The maximum absolute atomic E-state index is 4.31. The van der Waals surface area contributed by atoms with Gasteiger partial charge in [0.25, 0.3) is 0 Å². The summed E-state index contributed by atoms with van der Waals surface area (Å²) in [6.45, 7) is 9.44. The summed E-state index contributed by atoms with van der Waals surface area (Å²) >= 11 is 0. The van der Waals surface area contributed by atoms with Gasteiger partial charge in [-0.2, -0.15) is 0 Å². The third-order valence-corrected chi connectivity index (χ3v) is 1.49. The largest absolute Gasteiger partial charge is 0.290 e. The van der Waals surface area contributed by atoms with Gasteiger partial charge in [-0.05, 0) is 25.5 Å². The van der Waals surface area contributed by atoms with Crippen LogP contribution in [-0.4, -0.2) is 12.3 Å². The second kappa shape index (κ2) is 7.26. The lowest BCUT2D eigenvalue weighted by Gasteiger charge is -2.00. The van der Waals surface area contributed by atoms with E-state index in [2.05, 4.69) is 25.1 Å². The third kappa shape index (κ3) is 5.59. The predicted molar refractivity (Wildman–Crippen MR) is 52.2 cm³/mol. The molecule has 1 atom stereocenters. The predicted octanol–water partition coefficient (Wildman–Crippen LogP) is 2.99. The number of nitrogens with zero attached hydrogens (tertiary/aromatic N) is 1. The van der Waals surface area contributed by atoms with Gasteiger partial charge in [-0.25, -0.2) is 0 Å². The van der Waals surface area contributed by atoms with E-state index in [9.17, 15) is 0 Å². The summed E-state index contributed by atoms with van der Waals surface area (Å²) in [6, 6.07) is 0.305. The monoisotopic (exact) mass is 151 g/mol. The van der Waals surface area contributed by atoms with Crippen molar-refractivity contribution in [3.8, 4) is 0 Å². The fourth-order valence-electron chi connectivity index (χ4n) is 0.735. The molecule has 0 aromatic carbocycles. The molecule has 0 saturated carbocycles. The maximum atomic E-state index is 4.31. The molecule has 0 N–H and O–H groups in total. The van der Waals surface area contributed by atoms with Crippen molar-refractivity contribution in [2.24, 2.45) is 4.99 Å². The Balaban J connectivity index is 3.52. The van der Waals surface area contributed by atoms with Crippen LogP contribution in [0, 0.1) is 0 Å². The SMILES string of the molecule is C=CCCC=NC(C=C)CC. The van der Waals surface area contributed by atoms with E-state index in [1.165, 1.54) is 0 Å². The van der Waals surface area contributed by atoms with E-state index >= 15 is 0 Å². The highest BCUT2D eigenvalue weighted by atomic mass is 14.7. The summed E-state index contributed by atoms with van der Waals surface area (Å²) in [7, 11) is 0. The number of unbranched alkanes of at least 4 members (excludes halogenated alkanes) is 1. The van der Waals surface area contributed by atoms with Crippen LogP contribution in [0.4, 0.5) is 0 Å². The van der Waals surface area contributed by atoms with E-state index in [1.807, 2.05) is 18.4 Å². The average Bonchev–Trinajstić information content (AvgIpc) is 2.05. The third-order valence-electron chi connectivity index (χ3n) is 1.49. The van der Waals surface area contributed by atoms with Crippen LogP contribution in [0.1, 0.15) is 26.2 Å². The molecule has 62 valence electrons. The Morgan fingerprint density at radius 2 is 2.09 bits per heavy atom. The van der Waals surface area contributed by atoms with E-state index in [4.69, 9.17) is 0 Å². The molecule has 1 heteroatoms. The van der Waals surface area contributed by atoms with Crippen LogP contribution in [0.2, 0.25) is 0 Å². The smallest absolute Gasteiger partial charge is 0.0670 e. The van der Waals surface area contributed by atoms with Gasteiger partial charge in [-0.1, -0.05) is 19.1 Å². The molecule has 1 nitrogen and oxygen atoms in total. The fourth-order valence-corrected chi connectivity index (χ4v) is 0.735. The van der Waals surface area contributed by atoms with Crippen LogP contribution in [0.25, 0.3) is 0 Å². The van der Waals surface area contributed by atoms with Crippen molar-refractivity contribution in [2.75, 3.05) is 0 Å². The van der Waals surface area contributed by atoms with Crippen molar-refractivity contribution in [1.29, 1.82) is 0 Å². The topological polar surface area (TPSA) is 12.4 Å². The van der Waals surface area contributed by atoms with E-state index in [1.54, 1.807) is 0 Å². The van der Waals surface area contributed by atoms with Gasteiger partial charge in [0, 0.05) is 0 Å². The van der Waals surface area contributed by atoms with Crippen molar-refractivity contribution in [2.45, 2.75) is 32.2 Å². The summed E-state index contributed by atoms with van der Waals surface area (Å²) in [5.41, 5.74) is 0. The standard InChI is InChI=1S/C10H17N/c1-4-7-8-9-11-10(5-2)6-3/h4-5,9-10H,1-2,6-8H2,3H3. The Morgan fingerprint density at radius 3 is 2.55 bits per heavy atom. The molecular formula is C10H17N. The molecule has 0 rings (SSSR count). The van der Waals surface area contributed by atoms with Crippen LogP contribution >= 0.6 is 0 Å². The molecule has 0 aliphatic heterocycles. The molecule has 0 aromatic rings. The Bertz CT molecular complexity index is 136. The van der Waals surface area contributed by atoms with Crippen molar-refractivity contribution in [3.63, 3.8) is 0 Å². The van der Waals surface area contributed by atoms with Gasteiger partial charge < -0.3 is 0 Å². The van der Waals surface area contributed by atoms with Crippen LogP contribution in [-0.2, 0) is 0 Å². The van der Waals surface area contributed by atoms with Gasteiger partial charge in [-0.3, -0.25) is 4.99 Å². The molecule has 0 bridgehead atoms. The first-order chi connectivity index (χ1) is 5.35. The molecule has 0 fully saturated rings. The first kappa shape index (κ1) is 10.2. The normalized spacial score (nSPS) is 13.2. The first-order valence-corrected chi connectivity index (χ1v) is 4.10. The number of hydrogen-bond donors (Lipinski definition) is 0. The summed E-state index contributed by atoms with van der Waals surface area (Å²) in [5, 5.41) is 0. The zero-order valence-corrected chi connectivity index (χ0v) is 7.29. The zero-order valence-electron chi connectivity index (χ0n) is 7.29. The number of hydrogen-bond acceptors (Lipinski definition) is 1. The number of allylic oxidation sites excluding steroid dienone is 1. The van der Waals surface area contributed by atoms with Crippen molar-refractivity contribution in [1.82, 2.24) is 0 Å². The van der Waals surface area contributed by atoms with Crippen LogP contribution in [0.15, 0.2) is 30.3 Å². The molecule has 0 aliphatic rings. The minimum Gasteiger partial charge on any atom is -0.290 e. The molecule has 0 spiro atoms. The van der Waals surface area contributed by atoms with Crippen LogP contribution in [0.5, 0.6) is 0 Å². The molecule has 0 saturated heterocycles. The van der Waals surface area contributed by atoms with Gasteiger partial charge in [0.1, 0.15) is 0 Å². The molecule has 0 amide bonds. The van der Waals surface area contributed by atoms with Crippen molar-refractivity contribution in [3.05, 3.63) is 25.3 Å². The first-order valence-electron chi connectivity index (χ1n) is 4.10. The molecule has 0 aliphatic carbocycles. The Kier molecular flexibility index (Phi) is 6.70. The average molecular weight is 151 g/mol. The Hall–Kier alpha value is -0.850. The minimum atomic E-state index is 0.305. The van der Waals surface area contributed by atoms with E-state index < -0.39 is 0 Å². The number of rotatable bonds is 6. The minimum absolute atomic E-state index is 0.305. The Labute approximate surface area is 69.5 Å². The van der Waals surface area contributed by atoms with Gasteiger partial charge in [0.2, 0.25) is 0 Å². The molecule has 0 heterocycles. The summed E-state index contributed by atoms with van der Waals surface area (Å²) in [5.74, 6) is 0. The number of aliphatic imine (C=N–C) groups is 1. The molecular weight excluding hydrogens is 134 g/mol. The highest BCUT2D eigenvalue weighted by Gasteiger charge is 1.92. The van der Waals surface area contributed by atoms with E-state index in [0.717, 1.165) is 19.3 Å². The van der Waals surface area contributed by atoms with Gasteiger partial charge >= 0.3 is 0 Å². The maximum Gasteiger partial charge on any atom is 0.0670 e. The molecule has 0 radical (unpaired) electrons. The molecule has 1 unspecified atom stereocenters. The highest BCUT2D eigenvalue weighted by molar-refractivity contribution is 5.57. The van der Waals surface area contributed by atoms with Crippen molar-refractivity contribution < 1.29 is 0 Å². The van der Waals surface area contributed by atoms with Crippen LogP contribution in [0.3, 0.4) is 0 Å². The Morgan fingerprint density at radius 1 is 1.36 bits per heavy atom. The van der Waals surface area contributed by atoms with Crippen LogP contribution < -0.4 is 0 Å². The molecule has 11 heavy (non-hydrogen) atoms. The van der Waals surface area contributed by atoms with E-state index in [-0.39, 0.29) is 0 Å². The lowest BCUT2D eigenvalue weighted by molar-refractivity contribution is 0.786. The lowest BCUT2D eigenvalue weighted by atomic mass is 10.2. The van der Waals surface area contributed by atoms with E-state index in [0.29, 0.717) is 6.04 Å². The summed E-state index contributed by atoms with van der Waals surface area (Å²) in [4.78, 5) is 4.31. The summed E-state index contributed by atoms with van der Waals surface area (Å²) < 4.78 is 0. The summed E-state index contributed by atoms with van der Waals surface area (Å²) in [6.07, 6.45) is 8.78. The lowest BCUT2D eigenvalue weighted by Crippen LogP contribution is -1.96. The second-order valence-electron chi connectivity index (χ2n) is 2.41. The fraction of sp³-hybridized carbons (Fsp3) is 0.500. The van der Waals surface area contributed by atoms with Gasteiger partial charge in [0.15, 0.2) is 0 Å².